The van der Waals surface area contributed by atoms with Gasteiger partial charge in [-0.2, -0.15) is 0 Å². The van der Waals surface area contributed by atoms with E-state index in [-0.39, 0.29) is 11.7 Å². The van der Waals surface area contributed by atoms with Gasteiger partial charge in [0.1, 0.15) is 11.5 Å². The topological polar surface area (TPSA) is 59.0 Å². The fraction of sp³-hybridized carbons (Fsp3) is 0.435. The molecule has 2 aromatic carbocycles. The normalized spacial score (nSPS) is 16.4. The van der Waals surface area contributed by atoms with E-state index in [4.69, 9.17) is 21.1 Å². The number of piperidine rings is 1. The van der Waals surface area contributed by atoms with Crippen LogP contribution in [0.15, 0.2) is 42.5 Å². The molecular weight excluding hydrogens is 390 g/mol. The van der Waals surface area contributed by atoms with Crippen LogP contribution in [0.2, 0.25) is 5.02 Å². The monoisotopic (exact) mass is 417 g/mol. The minimum atomic E-state index is -0.531. The van der Waals surface area contributed by atoms with Gasteiger partial charge < -0.3 is 14.6 Å². The molecule has 0 spiro atoms. The second kappa shape index (κ2) is 9.51. The SMILES string of the molecule is CCOC(=O)C1(Cc2ccc(Cl)cc2)CCN(Cc2cc(OC)ccc2O)CC1. The standard InChI is InChI=1S/C23H28ClNO4/c1-3-29-22(27)23(15-17-4-6-19(24)7-5-17)10-12-25(13-11-23)16-18-14-20(28-2)8-9-21(18)26/h4-9,14,26H,3,10-13,15-16H2,1-2H3. The van der Waals surface area contributed by atoms with Crippen LogP contribution in [0, 0.1) is 5.41 Å². The van der Waals surface area contributed by atoms with Gasteiger partial charge in [0.15, 0.2) is 0 Å². The lowest BCUT2D eigenvalue weighted by Crippen LogP contribution is -2.46. The van der Waals surface area contributed by atoms with Crippen molar-refractivity contribution in [3.8, 4) is 11.5 Å². The van der Waals surface area contributed by atoms with Crippen molar-refractivity contribution in [3.63, 3.8) is 0 Å². The number of carbonyl (C=O) groups is 1. The van der Waals surface area contributed by atoms with Crippen LogP contribution in [0.5, 0.6) is 11.5 Å². The molecular formula is C23H28ClNO4. The Hall–Kier alpha value is -2.24. The quantitative estimate of drug-likeness (QED) is 0.675. The van der Waals surface area contributed by atoms with E-state index in [0.717, 1.165) is 30.0 Å². The van der Waals surface area contributed by atoms with E-state index in [0.29, 0.717) is 37.4 Å². The second-order valence-corrected chi connectivity index (χ2v) is 8.01. The minimum absolute atomic E-state index is 0.126. The first-order valence-electron chi connectivity index (χ1n) is 9.95. The zero-order valence-corrected chi connectivity index (χ0v) is 17.7. The Kier molecular flexibility index (Phi) is 7.04. The maximum atomic E-state index is 12.9. The average molecular weight is 418 g/mol. The fourth-order valence-corrected chi connectivity index (χ4v) is 4.05. The molecule has 1 aliphatic heterocycles. The molecule has 0 radical (unpaired) electrons. The Morgan fingerprint density at radius 1 is 1.17 bits per heavy atom. The molecule has 156 valence electrons. The van der Waals surface area contributed by atoms with Gasteiger partial charge in [-0.3, -0.25) is 9.69 Å². The van der Waals surface area contributed by atoms with Gasteiger partial charge in [-0.25, -0.2) is 0 Å². The van der Waals surface area contributed by atoms with Crippen LogP contribution < -0.4 is 4.74 Å². The van der Waals surface area contributed by atoms with Gasteiger partial charge in [-0.1, -0.05) is 23.7 Å². The summed E-state index contributed by atoms with van der Waals surface area (Å²) >= 11 is 6.00. The molecule has 3 rings (SSSR count). The largest absolute Gasteiger partial charge is 0.508 e. The molecule has 0 saturated carbocycles. The van der Waals surface area contributed by atoms with Crippen molar-refractivity contribution in [2.75, 3.05) is 26.8 Å². The summed E-state index contributed by atoms with van der Waals surface area (Å²) in [6, 6.07) is 12.9. The first-order chi connectivity index (χ1) is 14.0. The Morgan fingerprint density at radius 3 is 2.48 bits per heavy atom. The summed E-state index contributed by atoms with van der Waals surface area (Å²) in [6.45, 7) is 4.34. The summed E-state index contributed by atoms with van der Waals surface area (Å²) in [7, 11) is 1.61. The van der Waals surface area contributed by atoms with Gasteiger partial charge in [0.05, 0.1) is 19.1 Å². The maximum Gasteiger partial charge on any atom is 0.312 e. The number of esters is 1. The van der Waals surface area contributed by atoms with Crippen LogP contribution in [0.3, 0.4) is 0 Å². The van der Waals surface area contributed by atoms with Crippen LogP contribution in [0.1, 0.15) is 30.9 Å². The van der Waals surface area contributed by atoms with E-state index in [2.05, 4.69) is 4.90 Å². The number of phenolic OH excluding ortho intramolecular Hbond substituents is 1. The summed E-state index contributed by atoms with van der Waals surface area (Å²) in [4.78, 5) is 15.1. The molecule has 2 aromatic rings. The number of benzene rings is 2. The maximum absolute atomic E-state index is 12.9. The van der Waals surface area contributed by atoms with E-state index in [1.54, 1.807) is 19.2 Å². The molecule has 1 fully saturated rings. The van der Waals surface area contributed by atoms with E-state index in [1.165, 1.54) is 0 Å². The highest BCUT2D eigenvalue weighted by Gasteiger charge is 2.42. The highest BCUT2D eigenvalue weighted by molar-refractivity contribution is 6.30. The van der Waals surface area contributed by atoms with E-state index >= 15 is 0 Å². The number of nitrogens with zero attached hydrogens (tertiary/aromatic N) is 1. The average Bonchev–Trinajstić information content (AvgIpc) is 2.73. The first-order valence-corrected chi connectivity index (χ1v) is 10.3. The number of halogens is 1. The lowest BCUT2D eigenvalue weighted by Gasteiger charge is -2.40. The molecule has 0 atom stereocenters. The number of ether oxygens (including phenoxy) is 2. The van der Waals surface area contributed by atoms with E-state index < -0.39 is 5.41 Å². The second-order valence-electron chi connectivity index (χ2n) is 7.57. The van der Waals surface area contributed by atoms with Gasteiger partial charge in [0, 0.05) is 17.1 Å². The third kappa shape index (κ3) is 5.22. The molecule has 0 unspecified atom stereocenters. The highest BCUT2D eigenvalue weighted by Crippen LogP contribution is 2.38. The molecule has 0 bridgehead atoms. The summed E-state index contributed by atoms with van der Waals surface area (Å²) in [5, 5.41) is 10.9. The summed E-state index contributed by atoms with van der Waals surface area (Å²) in [5.41, 5.74) is 1.38. The molecule has 1 heterocycles. The molecule has 1 N–H and O–H groups in total. The molecule has 0 aliphatic carbocycles. The molecule has 0 amide bonds. The van der Waals surface area contributed by atoms with Gasteiger partial charge in [-0.05, 0) is 75.2 Å². The van der Waals surface area contributed by atoms with Crippen molar-refractivity contribution in [1.29, 1.82) is 0 Å². The van der Waals surface area contributed by atoms with Crippen LogP contribution in [0.4, 0.5) is 0 Å². The van der Waals surface area contributed by atoms with Crippen molar-refractivity contribution in [1.82, 2.24) is 4.90 Å². The Bertz CT molecular complexity index is 829. The predicted octanol–water partition coefficient (Wildman–Crippen LogP) is 4.44. The van der Waals surface area contributed by atoms with Gasteiger partial charge in [-0.15, -0.1) is 0 Å². The number of methoxy groups -OCH3 is 1. The van der Waals surface area contributed by atoms with Crippen molar-refractivity contribution >= 4 is 17.6 Å². The summed E-state index contributed by atoms with van der Waals surface area (Å²) < 4.78 is 10.7. The Balaban J connectivity index is 1.72. The van der Waals surface area contributed by atoms with Crippen molar-refractivity contribution in [2.24, 2.45) is 5.41 Å². The van der Waals surface area contributed by atoms with Crippen LogP contribution in [-0.4, -0.2) is 42.8 Å². The molecule has 29 heavy (non-hydrogen) atoms. The van der Waals surface area contributed by atoms with Gasteiger partial charge in [0.2, 0.25) is 0 Å². The lowest BCUT2D eigenvalue weighted by atomic mass is 9.73. The zero-order valence-electron chi connectivity index (χ0n) is 17.0. The van der Waals surface area contributed by atoms with Gasteiger partial charge in [0.25, 0.3) is 0 Å². The number of likely N-dealkylation sites (tertiary alicyclic amines) is 1. The molecule has 5 nitrogen and oxygen atoms in total. The van der Waals surface area contributed by atoms with Crippen molar-refractivity contribution in [3.05, 3.63) is 58.6 Å². The lowest BCUT2D eigenvalue weighted by molar-refractivity contribution is -0.158. The summed E-state index contributed by atoms with van der Waals surface area (Å²) in [6.07, 6.45) is 2.06. The van der Waals surface area contributed by atoms with Crippen molar-refractivity contribution < 1.29 is 19.4 Å². The molecule has 1 saturated heterocycles. The number of rotatable bonds is 7. The number of carbonyl (C=O) groups excluding carboxylic acids is 1. The fourth-order valence-electron chi connectivity index (χ4n) is 3.93. The molecule has 0 aromatic heterocycles. The van der Waals surface area contributed by atoms with Gasteiger partial charge >= 0.3 is 5.97 Å². The third-order valence-corrected chi connectivity index (χ3v) is 5.91. The zero-order chi connectivity index (χ0) is 20.9. The Morgan fingerprint density at radius 2 is 1.86 bits per heavy atom. The number of hydrogen-bond acceptors (Lipinski definition) is 5. The number of hydrogen-bond donors (Lipinski definition) is 1. The molecule has 6 heteroatoms. The number of aromatic hydroxyl groups is 1. The smallest absolute Gasteiger partial charge is 0.312 e. The predicted molar refractivity (Wildman–Crippen MR) is 113 cm³/mol. The van der Waals surface area contributed by atoms with Crippen LogP contribution in [0.25, 0.3) is 0 Å². The van der Waals surface area contributed by atoms with E-state index in [1.807, 2.05) is 37.3 Å². The van der Waals surface area contributed by atoms with Crippen molar-refractivity contribution in [2.45, 2.75) is 32.7 Å². The summed E-state index contributed by atoms with van der Waals surface area (Å²) in [5.74, 6) is 0.853. The molecule has 1 aliphatic rings. The van der Waals surface area contributed by atoms with Crippen LogP contribution in [-0.2, 0) is 22.5 Å². The van der Waals surface area contributed by atoms with Crippen LogP contribution >= 0.6 is 11.6 Å². The first kappa shape index (κ1) is 21.5. The third-order valence-electron chi connectivity index (χ3n) is 5.66. The van der Waals surface area contributed by atoms with E-state index in [9.17, 15) is 9.90 Å². The highest BCUT2D eigenvalue weighted by atomic mass is 35.5. The minimum Gasteiger partial charge on any atom is -0.508 e. The number of phenols is 1. The Labute approximate surface area is 177 Å².